The predicted octanol–water partition coefficient (Wildman–Crippen LogP) is 3.87. The van der Waals surface area contributed by atoms with Gasteiger partial charge in [-0.15, -0.1) is 5.10 Å². The molecule has 0 saturated carbocycles. The van der Waals surface area contributed by atoms with Crippen LogP contribution in [0.25, 0.3) is 11.0 Å². The van der Waals surface area contributed by atoms with E-state index in [9.17, 15) is 8.42 Å². The summed E-state index contributed by atoms with van der Waals surface area (Å²) < 4.78 is 32.0. The van der Waals surface area contributed by atoms with Gasteiger partial charge in [0.15, 0.2) is 26.2 Å². The minimum Gasteiger partial charge on any atom is -0.382 e. The molecular formula is C21H26ClN5O3S. The van der Waals surface area contributed by atoms with E-state index in [1.165, 1.54) is 0 Å². The second kappa shape index (κ2) is 8.37. The van der Waals surface area contributed by atoms with Crippen molar-refractivity contribution in [2.24, 2.45) is 0 Å². The van der Waals surface area contributed by atoms with Gasteiger partial charge in [-0.1, -0.05) is 29.8 Å². The summed E-state index contributed by atoms with van der Waals surface area (Å²) in [6, 6.07) is 5.51. The summed E-state index contributed by atoms with van der Waals surface area (Å²) in [5.41, 5.74) is 4.23. The van der Waals surface area contributed by atoms with Gasteiger partial charge < -0.3 is 9.64 Å². The van der Waals surface area contributed by atoms with E-state index in [-0.39, 0.29) is 11.1 Å². The quantitative estimate of drug-likeness (QED) is 0.548. The Labute approximate surface area is 187 Å². The van der Waals surface area contributed by atoms with Crippen molar-refractivity contribution >= 4 is 44.0 Å². The maximum Gasteiger partial charge on any atom is 0.192 e. The fourth-order valence-corrected chi connectivity index (χ4v) is 5.13. The third-order valence-corrected chi connectivity index (χ3v) is 6.87. The number of halogens is 1. The van der Waals surface area contributed by atoms with Crippen LogP contribution in [0.1, 0.15) is 36.9 Å². The fraction of sp³-hybridized carbons (Fsp3) is 0.476. The van der Waals surface area contributed by atoms with Crippen LogP contribution >= 0.6 is 11.6 Å². The van der Waals surface area contributed by atoms with Crippen LogP contribution in [0.4, 0.5) is 11.5 Å². The van der Waals surface area contributed by atoms with Crippen LogP contribution in [0.15, 0.2) is 23.2 Å². The lowest BCUT2D eigenvalue weighted by atomic mass is 9.99. The Morgan fingerprint density at radius 3 is 2.74 bits per heavy atom. The van der Waals surface area contributed by atoms with E-state index in [0.717, 1.165) is 42.3 Å². The molecule has 8 nitrogen and oxygen atoms in total. The number of anilines is 2. The molecule has 3 aromatic rings. The van der Waals surface area contributed by atoms with Gasteiger partial charge in [0.2, 0.25) is 0 Å². The Morgan fingerprint density at radius 2 is 2.06 bits per heavy atom. The molecule has 0 fully saturated rings. The van der Waals surface area contributed by atoms with Crippen molar-refractivity contribution in [1.82, 2.24) is 20.0 Å². The highest BCUT2D eigenvalue weighted by Gasteiger charge is 2.28. The summed E-state index contributed by atoms with van der Waals surface area (Å²) in [5, 5.41) is 9.36. The zero-order chi connectivity index (χ0) is 22.3. The highest BCUT2D eigenvalue weighted by Crippen LogP contribution is 2.41. The van der Waals surface area contributed by atoms with Gasteiger partial charge in [0, 0.05) is 26.0 Å². The van der Waals surface area contributed by atoms with E-state index in [4.69, 9.17) is 16.3 Å². The standard InChI is InChI=1S/C21H26ClN5O3S/c1-5-15(12-30-3)27-17-11-18(31(4,28)29)23-21(19(17)24-25-27)26-8-6-7-14-9-13(2)10-16(22)20(14)26/h9-11,15H,5-8,12H2,1-4H3. The molecule has 3 heterocycles. The number of pyridine rings is 1. The molecule has 1 atom stereocenters. The normalized spacial score (nSPS) is 15.3. The van der Waals surface area contributed by atoms with E-state index < -0.39 is 9.84 Å². The number of benzene rings is 1. The van der Waals surface area contributed by atoms with Gasteiger partial charge in [-0.25, -0.2) is 18.1 Å². The zero-order valence-electron chi connectivity index (χ0n) is 18.1. The van der Waals surface area contributed by atoms with Crippen molar-refractivity contribution in [2.75, 3.05) is 31.4 Å². The number of hydrogen-bond donors (Lipinski definition) is 0. The van der Waals surface area contributed by atoms with Gasteiger partial charge >= 0.3 is 0 Å². The van der Waals surface area contributed by atoms with E-state index in [1.807, 2.05) is 24.8 Å². The monoisotopic (exact) mass is 463 g/mol. The topological polar surface area (TPSA) is 90.2 Å². The lowest BCUT2D eigenvalue weighted by Gasteiger charge is -2.32. The van der Waals surface area contributed by atoms with E-state index in [1.54, 1.807) is 17.9 Å². The molecule has 0 amide bonds. The first-order valence-corrected chi connectivity index (χ1v) is 12.5. The first-order valence-electron chi connectivity index (χ1n) is 10.3. The Balaban J connectivity index is 1.99. The summed E-state index contributed by atoms with van der Waals surface area (Å²) in [7, 11) is -1.93. The Bertz CT molecular complexity index is 1240. The third-order valence-electron chi connectivity index (χ3n) is 5.61. The van der Waals surface area contributed by atoms with Crippen LogP contribution in [0, 0.1) is 6.92 Å². The number of aromatic nitrogens is 4. The van der Waals surface area contributed by atoms with Crippen molar-refractivity contribution in [2.45, 2.75) is 44.2 Å². The van der Waals surface area contributed by atoms with E-state index >= 15 is 0 Å². The number of sulfone groups is 1. The molecule has 0 aliphatic carbocycles. The molecule has 4 rings (SSSR count). The number of aryl methyl sites for hydroxylation is 2. The number of fused-ring (bicyclic) bond motifs is 2. The van der Waals surface area contributed by atoms with Gasteiger partial charge in [-0.2, -0.15) is 0 Å². The maximum atomic E-state index is 12.5. The summed E-state index contributed by atoms with van der Waals surface area (Å²) in [4.78, 5) is 6.52. The Kier molecular flexibility index (Phi) is 5.93. The molecule has 1 aliphatic rings. The van der Waals surface area contributed by atoms with Crippen LogP contribution in [0.2, 0.25) is 5.02 Å². The van der Waals surface area contributed by atoms with Crippen molar-refractivity contribution < 1.29 is 13.2 Å². The summed E-state index contributed by atoms with van der Waals surface area (Å²) in [5.74, 6) is 0.461. The molecule has 2 aromatic heterocycles. The second-order valence-electron chi connectivity index (χ2n) is 7.99. The summed E-state index contributed by atoms with van der Waals surface area (Å²) in [6.45, 7) is 5.14. The molecule has 166 valence electrons. The molecule has 1 aromatic carbocycles. The highest BCUT2D eigenvalue weighted by molar-refractivity contribution is 7.90. The molecule has 0 N–H and O–H groups in total. The van der Waals surface area contributed by atoms with E-state index in [0.29, 0.717) is 35.0 Å². The predicted molar refractivity (Wildman–Crippen MR) is 121 cm³/mol. The van der Waals surface area contributed by atoms with Crippen LogP contribution in [-0.4, -0.2) is 54.9 Å². The fourth-order valence-electron chi connectivity index (χ4n) is 4.15. The lowest BCUT2D eigenvalue weighted by molar-refractivity contribution is 0.148. The first-order chi connectivity index (χ1) is 14.7. The molecule has 0 radical (unpaired) electrons. The maximum absolute atomic E-state index is 12.5. The zero-order valence-corrected chi connectivity index (χ0v) is 19.7. The van der Waals surface area contributed by atoms with Gasteiger partial charge in [-0.05, 0) is 43.4 Å². The van der Waals surface area contributed by atoms with Crippen LogP contribution < -0.4 is 4.90 Å². The lowest BCUT2D eigenvalue weighted by Crippen LogP contribution is -2.26. The Morgan fingerprint density at radius 1 is 1.29 bits per heavy atom. The van der Waals surface area contributed by atoms with Gasteiger partial charge in [-0.3, -0.25) is 0 Å². The molecule has 0 spiro atoms. The molecule has 31 heavy (non-hydrogen) atoms. The van der Waals surface area contributed by atoms with E-state index in [2.05, 4.69) is 21.4 Å². The van der Waals surface area contributed by atoms with Gasteiger partial charge in [0.25, 0.3) is 0 Å². The smallest absolute Gasteiger partial charge is 0.192 e. The minimum absolute atomic E-state index is 0.0128. The number of nitrogens with zero attached hydrogens (tertiary/aromatic N) is 5. The average molecular weight is 464 g/mol. The first kappa shape index (κ1) is 22.0. The van der Waals surface area contributed by atoms with Crippen molar-refractivity contribution in [3.05, 3.63) is 34.3 Å². The van der Waals surface area contributed by atoms with Crippen molar-refractivity contribution in [3.8, 4) is 0 Å². The largest absolute Gasteiger partial charge is 0.382 e. The number of hydrogen-bond acceptors (Lipinski definition) is 7. The Hall–Kier alpha value is -2.23. The molecule has 1 unspecified atom stereocenters. The molecule has 1 aliphatic heterocycles. The average Bonchev–Trinajstić information content (AvgIpc) is 3.14. The number of ether oxygens (including phenoxy) is 1. The molecule has 0 saturated heterocycles. The summed E-state index contributed by atoms with van der Waals surface area (Å²) in [6.07, 6.45) is 3.72. The van der Waals surface area contributed by atoms with Gasteiger partial charge in [0.05, 0.1) is 28.9 Å². The van der Waals surface area contributed by atoms with Crippen LogP contribution in [0.5, 0.6) is 0 Å². The minimum atomic E-state index is -3.56. The highest BCUT2D eigenvalue weighted by atomic mass is 35.5. The third kappa shape index (κ3) is 4.02. The number of methoxy groups -OCH3 is 1. The van der Waals surface area contributed by atoms with Gasteiger partial charge in [0.1, 0.15) is 0 Å². The number of rotatable bonds is 6. The SMILES string of the molecule is CCC(COC)n1nnc2c(N3CCCc4cc(C)cc(Cl)c43)nc(S(C)(=O)=O)cc21. The summed E-state index contributed by atoms with van der Waals surface area (Å²) >= 11 is 6.65. The molecular weight excluding hydrogens is 438 g/mol. The molecule has 10 heteroatoms. The van der Waals surface area contributed by atoms with Crippen molar-refractivity contribution in [1.29, 1.82) is 0 Å². The van der Waals surface area contributed by atoms with Crippen molar-refractivity contribution in [3.63, 3.8) is 0 Å². The van der Waals surface area contributed by atoms with Crippen LogP contribution in [-0.2, 0) is 21.0 Å². The second-order valence-corrected chi connectivity index (χ2v) is 10.4. The van der Waals surface area contributed by atoms with Crippen LogP contribution in [0.3, 0.4) is 0 Å². The molecule has 0 bridgehead atoms.